The van der Waals surface area contributed by atoms with Crippen molar-refractivity contribution in [1.29, 1.82) is 0 Å². The van der Waals surface area contributed by atoms with Crippen LogP contribution in [-0.4, -0.2) is 72.3 Å². The highest BCUT2D eigenvalue weighted by molar-refractivity contribution is 6.08. The molecule has 4 aromatic rings. The van der Waals surface area contributed by atoms with Gasteiger partial charge in [-0.15, -0.1) is 0 Å². The molecule has 3 aromatic carbocycles. The molecule has 2 heterocycles. The second kappa shape index (κ2) is 15.2. The average Bonchev–Trinajstić information content (AvgIpc) is 3.23. The molecule has 1 aromatic heterocycles. The first kappa shape index (κ1) is 31.5. The number of aryl methyl sites for hydroxylation is 2. The molecule has 0 bridgehead atoms. The molecule has 7 nitrogen and oxygen atoms in total. The van der Waals surface area contributed by atoms with Gasteiger partial charge in [-0.05, 0) is 89.1 Å². The number of amides is 1. The zero-order valence-corrected chi connectivity index (χ0v) is 26.2. The molecule has 1 aliphatic heterocycles. The van der Waals surface area contributed by atoms with Crippen LogP contribution >= 0.6 is 0 Å². The van der Waals surface area contributed by atoms with Crippen LogP contribution in [0.1, 0.15) is 48.2 Å². The smallest absolute Gasteiger partial charge is 0.253 e. The average molecular weight is 601 g/mol. The largest absolute Gasteiger partial charge is 0.492 e. The number of nitrogens with one attached hydrogen (secondary N) is 1. The van der Waals surface area contributed by atoms with Gasteiger partial charge in [0, 0.05) is 44.3 Å². The standard InChI is InChI=1S/C36H45FN4O3/c1-27(2)44-34-11-5-10-32-33(36(42)38-25-29-9-4-8-28(3)24-29)26-41(35(32)34)19-7-18-39-16-6-17-40(21-20-39)22-23-43-31-14-12-30(37)13-15-31/h4-5,8-15,24,26-27H,6-7,16-23,25H2,1-3H3,(H,38,42). The van der Waals surface area contributed by atoms with Crippen LogP contribution in [0.25, 0.3) is 10.9 Å². The summed E-state index contributed by atoms with van der Waals surface area (Å²) in [5, 5.41) is 4.04. The third-order valence-corrected chi connectivity index (χ3v) is 8.05. The van der Waals surface area contributed by atoms with E-state index in [4.69, 9.17) is 9.47 Å². The van der Waals surface area contributed by atoms with Crippen LogP contribution in [-0.2, 0) is 13.1 Å². The van der Waals surface area contributed by atoms with Crippen LogP contribution in [0.15, 0.2) is 72.9 Å². The number of carbonyl (C=O) groups excluding carboxylic acids is 1. The van der Waals surface area contributed by atoms with E-state index in [9.17, 15) is 9.18 Å². The van der Waals surface area contributed by atoms with Gasteiger partial charge in [0.1, 0.15) is 23.9 Å². The number of nitrogens with zero attached hydrogens (tertiary/aromatic N) is 3. The summed E-state index contributed by atoms with van der Waals surface area (Å²) in [6.45, 7) is 13.9. The zero-order valence-electron chi connectivity index (χ0n) is 26.2. The van der Waals surface area contributed by atoms with Crippen molar-refractivity contribution < 1.29 is 18.7 Å². The van der Waals surface area contributed by atoms with Gasteiger partial charge in [-0.25, -0.2) is 4.39 Å². The minimum Gasteiger partial charge on any atom is -0.492 e. The van der Waals surface area contributed by atoms with E-state index in [1.54, 1.807) is 12.1 Å². The van der Waals surface area contributed by atoms with E-state index in [1.165, 1.54) is 17.7 Å². The fourth-order valence-corrected chi connectivity index (χ4v) is 5.89. The maximum Gasteiger partial charge on any atom is 0.253 e. The first-order valence-corrected chi connectivity index (χ1v) is 15.8. The highest BCUT2D eigenvalue weighted by Crippen LogP contribution is 2.31. The number of hydrogen-bond donors (Lipinski definition) is 1. The zero-order chi connectivity index (χ0) is 30.9. The van der Waals surface area contributed by atoms with Crippen LogP contribution in [0.5, 0.6) is 11.5 Å². The molecule has 1 saturated heterocycles. The SMILES string of the molecule is Cc1cccc(CNC(=O)c2cn(CCCN3CCCN(CCOc4ccc(F)cc4)CC3)c3c(OC(C)C)cccc23)c1. The number of aromatic nitrogens is 1. The molecular weight excluding hydrogens is 555 g/mol. The molecule has 0 unspecified atom stereocenters. The predicted molar refractivity (Wildman–Crippen MR) is 174 cm³/mol. The van der Waals surface area contributed by atoms with Crippen LogP contribution in [0.4, 0.5) is 4.39 Å². The first-order chi connectivity index (χ1) is 21.4. The molecule has 8 heteroatoms. The Morgan fingerprint density at radius 2 is 1.68 bits per heavy atom. The number of halogens is 1. The number of carbonyl (C=O) groups is 1. The van der Waals surface area contributed by atoms with E-state index in [0.29, 0.717) is 24.5 Å². The lowest BCUT2D eigenvalue weighted by molar-refractivity contribution is 0.0952. The van der Waals surface area contributed by atoms with Gasteiger partial charge in [0.25, 0.3) is 5.91 Å². The molecule has 0 atom stereocenters. The number of hydrogen-bond acceptors (Lipinski definition) is 5. The highest BCUT2D eigenvalue weighted by atomic mass is 19.1. The van der Waals surface area contributed by atoms with Gasteiger partial charge in [-0.3, -0.25) is 9.69 Å². The Morgan fingerprint density at radius 3 is 2.43 bits per heavy atom. The Labute approximate surface area is 260 Å². The lowest BCUT2D eigenvalue weighted by atomic mass is 10.1. The van der Waals surface area contributed by atoms with Crippen molar-refractivity contribution in [2.45, 2.75) is 52.8 Å². The van der Waals surface area contributed by atoms with Gasteiger partial charge in [0.2, 0.25) is 0 Å². The molecule has 1 aliphatic rings. The molecule has 234 valence electrons. The van der Waals surface area contributed by atoms with E-state index in [1.807, 2.05) is 50.4 Å². The van der Waals surface area contributed by atoms with Crippen molar-refractivity contribution in [3.63, 3.8) is 0 Å². The molecule has 0 spiro atoms. The molecular formula is C36H45FN4O3. The van der Waals surface area contributed by atoms with E-state index in [-0.39, 0.29) is 17.8 Å². The fraction of sp³-hybridized carbons (Fsp3) is 0.417. The molecule has 5 rings (SSSR count). The Hall–Kier alpha value is -3.88. The normalized spacial score (nSPS) is 14.6. The molecule has 1 amide bonds. The molecule has 1 fully saturated rings. The minimum absolute atomic E-state index is 0.0312. The van der Waals surface area contributed by atoms with Crippen LogP contribution < -0.4 is 14.8 Å². The molecule has 0 aliphatic carbocycles. The van der Waals surface area contributed by atoms with Gasteiger partial charge in [-0.1, -0.05) is 42.0 Å². The number of fused-ring (bicyclic) bond motifs is 1. The Balaban J connectivity index is 1.18. The van der Waals surface area contributed by atoms with Crippen LogP contribution in [0.2, 0.25) is 0 Å². The molecule has 44 heavy (non-hydrogen) atoms. The second-order valence-corrected chi connectivity index (χ2v) is 11.9. The molecule has 1 N–H and O–H groups in total. The van der Waals surface area contributed by atoms with Gasteiger partial charge in [-0.2, -0.15) is 0 Å². The van der Waals surface area contributed by atoms with Gasteiger partial charge < -0.3 is 24.3 Å². The van der Waals surface area contributed by atoms with Crippen molar-refractivity contribution in [1.82, 2.24) is 19.7 Å². The summed E-state index contributed by atoms with van der Waals surface area (Å²) in [4.78, 5) is 18.4. The van der Waals surface area contributed by atoms with Crippen molar-refractivity contribution >= 4 is 16.8 Å². The van der Waals surface area contributed by atoms with E-state index >= 15 is 0 Å². The van der Waals surface area contributed by atoms with Crippen molar-refractivity contribution in [3.05, 3.63) is 95.4 Å². The fourth-order valence-electron chi connectivity index (χ4n) is 5.89. The second-order valence-electron chi connectivity index (χ2n) is 11.9. The van der Waals surface area contributed by atoms with E-state index in [0.717, 1.165) is 80.9 Å². The van der Waals surface area contributed by atoms with Gasteiger partial charge in [0.15, 0.2) is 0 Å². The summed E-state index contributed by atoms with van der Waals surface area (Å²) in [7, 11) is 0. The summed E-state index contributed by atoms with van der Waals surface area (Å²) < 4.78 is 27.3. The highest BCUT2D eigenvalue weighted by Gasteiger charge is 2.20. The summed E-state index contributed by atoms with van der Waals surface area (Å²) >= 11 is 0. The monoisotopic (exact) mass is 600 g/mol. The van der Waals surface area contributed by atoms with Crippen LogP contribution in [0.3, 0.4) is 0 Å². The summed E-state index contributed by atoms with van der Waals surface area (Å²) in [6.07, 6.45) is 4.11. The Morgan fingerprint density at radius 1 is 0.932 bits per heavy atom. The molecule has 0 radical (unpaired) electrons. The van der Waals surface area contributed by atoms with Crippen molar-refractivity contribution in [3.8, 4) is 11.5 Å². The van der Waals surface area contributed by atoms with Crippen LogP contribution in [0, 0.1) is 12.7 Å². The van der Waals surface area contributed by atoms with Gasteiger partial charge >= 0.3 is 0 Å². The lowest BCUT2D eigenvalue weighted by Crippen LogP contribution is -2.33. The third kappa shape index (κ3) is 8.61. The topological polar surface area (TPSA) is 59.0 Å². The van der Waals surface area contributed by atoms with Crippen molar-refractivity contribution in [2.24, 2.45) is 0 Å². The lowest BCUT2D eigenvalue weighted by Gasteiger charge is -2.22. The summed E-state index contributed by atoms with van der Waals surface area (Å²) in [6, 6.07) is 20.4. The maximum absolute atomic E-state index is 13.4. The maximum atomic E-state index is 13.4. The van der Waals surface area contributed by atoms with Gasteiger partial charge in [0.05, 0.1) is 17.2 Å². The molecule has 0 saturated carbocycles. The quantitative estimate of drug-likeness (QED) is 0.196. The van der Waals surface area contributed by atoms with E-state index in [2.05, 4.69) is 38.7 Å². The summed E-state index contributed by atoms with van der Waals surface area (Å²) in [5.41, 5.74) is 3.92. The number of benzene rings is 3. The van der Waals surface area contributed by atoms with E-state index < -0.39 is 0 Å². The number of ether oxygens (including phenoxy) is 2. The third-order valence-electron chi connectivity index (χ3n) is 8.05. The Bertz CT molecular complexity index is 1520. The Kier molecular flexibility index (Phi) is 10.9. The number of para-hydroxylation sites is 1. The van der Waals surface area contributed by atoms with Crippen molar-refractivity contribution in [2.75, 3.05) is 45.9 Å². The summed E-state index contributed by atoms with van der Waals surface area (Å²) in [5.74, 6) is 1.19. The number of rotatable bonds is 13. The first-order valence-electron chi connectivity index (χ1n) is 15.8. The predicted octanol–water partition coefficient (Wildman–Crippen LogP) is 6.28. The minimum atomic E-state index is -0.251.